The molecule has 0 saturated carbocycles. The third-order valence-electron chi connectivity index (χ3n) is 3.76. The Labute approximate surface area is 159 Å². The van der Waals surface area contributed by atoms with Gasteiger partial charge in [-0.05, 0) is 36.8 Å². The first kappa shape index (κ1) is 21.5. The van der Waals surface area contributed by atoms with Gasteiger partial charge in [0.05, 0.1) is 7.11 Å². The molecule has 0 fully saturated rings. The van der Waals surface area contributed by atoms with Crippen LogP contribution < -0.4 is 21.1 Å². The molecule has 0 radical (unpaired) electrons. The van der Waals surface area contributed by atoms with Crippen LogP contribution >= 0.6 is 12.4 Å². The Morgan fingerprint density at radius 2 is 1.65 bits per heavy atom. The van der Waals surface area contributed by atoms with Gasteiger partial charge in [0.1, 0.15) is 11.8 Å². The quantitative estimate of drug-likeness (QED) is 0.688. The molecule has 0 spiro atoms. The Morgan fingerprint density at radius 3 is 2.19 bits per heavy atom. The van der Waals surface area contributed by atoms with Crippen LogP contribution in [0, 0.1) is 0 Å². The summed E-state index contributed by atoms with van der Waals surface area (Å²) in [5, 5.41) is 5.59. The summed E-state index contributed by atoms with van der Waals surface area (Å²) in [4.78, 5) is 25.1. The van der Waals surface area contributed by atoms with Gasteiger partial charge >= 0.3 is 0 Å². The van der Waals surface area contributed by atoms with E-state index >= 15 is 0 Å². The molecule has 7 heteroatoms. The van der Waals surface area contributed by atoms with E-state index in [1.165, 1.54) is 0 Å². The molecule has 0 heterocycles. The molecule has 2 rings (SSSR count). The smallest absolute Gasteiger partial charge is 0.252 e. The predicted octanol–water partition coefficient (Wildman–Crippen LogP) is 2.05. The van der Waals surface area contributed by atoms with Crippen molar-refractivity contribution in [1.29, 1.82) is 0 Å². The van der Waals surface area contributed by atoms with Crippen LogP contribution in [0.25, 0.3) is 0 Å². The first-order valence-electron chi connectivity index (χ1n) is 8.05. The lowest BCUT2D eigenvalue weighted by Crippen LogP contribution is -2.45. The molecule has 2 atom stereocenters. The average molecular weight is 378 g/mol. The highest BCUT2D eigenvalue weighted by atomic mass is 35.5. The lowest BCUT2D eigenvalue weighted by atomic mass is 10.0. The normalized spacial score (nSPS) is 12.3. The second-order valence-electron chi connectivity index (χ2n) is 5.69. The van der Waals surface area contributed by atoms with Crippen LogP contribution in [0.15, 0.2) is 54.6 Å². The van der Waals surface area contributed by atoms with Crippen LogP contribution in [0.3, 0.4) is 0 Å². The number of hydrogen-bond acceptors (Lipinski definition) is 4. The molecule has 4 N–H and O–H groups in total. The van der Waals surface area contributed by atoms with Crippen molar-refractivity contribution in [3.8, 4) is 5.75 Å². The third-order valence-corrected chi connectivity index (χ3v) is 3.76. The minimum Gasteiger partial charge on any atom is -0.497 e. The lowest BCUT2D eigenvalue weighted by Gasteiger charge is -2.21. The van der Waals surface area contributed by atoms with Gasteiger partial charge in [0.25, 0.3) is 5.91 Å². The molecule has 2 aromatic rings. The van der Waals surface area contributed by atoms with Gasteiger partial charge in [-0.15, -0.1) is 12.4 Å². The number of ether oxygens (including phenoxy) is 1. The van der Waals surface area contributed by atoms with Gasteiger partial charge < -0.3 is 21.1 Å². The van der Waals surface area contributed by atoms with Crippen LogP contribution in [-0.2, 0) is 4.79 Å². The predicted molar refractivity (Wildman–Crippen MR) is 104 cm³/mol. The standard InChI is InChI=1S/C19H23N3O3.ClH/c1-13(12-20)21-19(24)17(14-6-4-3-5-7-14)22-18(23)15-8-10-16(25-2)11-9-15;/h3-11,13,17H,12,20H2,1-2H3,(H,21,24)(H,22,23);1H/t13-,17?;/m0./s1. The molecular weight excluding hydrogens is 354 g/mol. The number of nitrogens with two attached hydrogens (primary N) is 1. The number of rotatable bonds is 7. The Morgan fingerprint density at radius 1 is 1.04 bits per heavy atom. The minimum atomic E-state index is -0.801. The summed E-state index contributed by atoms with van der Waals surface area (Å²) in [6.07, 6.45) is 0. The molecule has 0 aliphatic heterocycles. The topological polar surface area (TPSA) is 93.4 Å². The van der Waals surface area contributed by atoms with Crippen molar-refractivity contribution in [2.45, 2.75) is 19.0 Å². The maximum absolute atomic E-state index is 12.6. The van der Waals surface area contributed by atoms with E-state index in [0.717, 1.165) is 0 Å². The van der Waals surface area contributed by atoms with Crippen molar-refractivity contribution in [3.05, 3.63) is 65.7 Å². The van der Waals surface area contributed by atoms with Crippen molar-refractivity contribution in [1.82, 2.24) is 10.6 Å². The lowest BCUT2D eigenvalue weighted by molar-refractivity contribution is -0.123. The summed E-state index contributed by atoms with van der Waals surface area (Å²) < 4.78 is 5.09. The van der Waals surface area contributed by atoms with Crippen molar-refractivity contribution in [2.24, 2.45) is 5.73 Å². The van der Waals surface area contributed by atoms with E-state index in [1.807, 2.05) is 25.1 Å². The van der Waals surface area contributed by atoms with Gasteiger partial charge in [-0.25, -0.2) is 0 Å². The molecule has 0 saturated heterocycles. The summed E-state index contributed by atoms with van der Waals surface area (Å²) in [5.74, 6) is 0.0174. The highest BCUT2D eigenvalue weighted by molar-refractivity contribution is 5.98. The van der Waals surface area contributed by atoms with Gasteiger partial charge in [0, 0.05) is 18.2 Å². The zero-order valence-corrected chi connectivity index (χ0v) is 15.6. The van der Waals surface area contributed by atoms with Gasteiger partial charge in [0.2, 0.25) is 5.91 Å². The first-order valence-corrected chi connectivity index (χ1v) is 8.05. The highest BCUT2D eigenvalue weighted by Gasteiger charge is 2.24. The summed E-state index contributed by atoms with van der Waals surface area (Å²) in [7, 11) is 1.56. The number of amides is 2. The number of nitrogens with one attached hydrogen (secondary N) is 2. The number of benzene rings is 2. The largest absolute Gasteiger partial charge is 0.497 e. The van der Waals surface area contributed by atoms with Gasteiger partial charge in [0.15, 0.2) is 0 Å². The second kappa shape index (κ2) is 10.4. The van der Waals surface area contributed by atoms with E-state index in [1.54, 1.807) is 43.5 Å². The highest BCUT2D eigenvalue weighted by Crippen LogP contribution is 2.16. The fourth-order valence-corrected chi connectivity index (χ4v) is 2.29. The Kier molecular flexibility index (Phi) is 8.61. The number of carbonyl (C=O) groups is 2. The fourth-order valence-electron chi connectivity index (χ4n) is 2.29. The number of halogens is 1. The molecule has 140 valence electrons. The van der Waals surface area contributed by atoms with E-state index in [2.05, 4.69) is 10.6 Å². The second-order valence-corrected chi connectivity index (χ2v) is 5.69. The van der Waals surface area contributed by atoms with E-state index in [-0.39, 0.29) is 30.3 Å². The van der Waals surface area contributed by atoms with Gasteiger partial charge in [-0.3, -0.25) is 9.59 Å². The zero-order chi connectivity index (χ0) is 18.2. The maximum atomic E-state index is 12.6. The van der Waals surface area contributed by atoms with Crippen molar-refractivity contribution in [2.75, 3.05) is 13.7 Å². The molecule has 2 amide bonds. The molecule has 0 aliphatic carbocycles. The van der Waals surface area contributed by atoms with Crippen LogP contribution in [0.2, 0.25) is 0 Å². The van der Waals surface area contributed by atoms with Crippen molar-refractivity contribution in [3.63, 3.8) is 0 Å². The monoisotopic (exact) mass is 377 g/mol. The van der Waals surface area contributed by atoms with E-state index in [9.17, 15) is 9.59 Å². The van der Waals surface area contributed by atoms with Crippen LogP contribution in [0.5, 0.6) is 5.75 Å². The molecule has 0 aliphatic rings. The average Bonchev–Trinajstić information content (AvgIpc) is 2.66. The molecule has 0 aromatic heterocycles. The van der Waals surface area contributed by atoms with Crippen molar-refractivity contribution >= 4 is 24.2 Å². The molecule has 6 nitrogen and oxygen atoms in total. The molecule has 1 unspecified atom stereocenters. The van der Waals surface area contributed by atoms with Crippen LogP contribution in [0.4, 0.5) is 0 Å². The maximum Gasteiger partial charge on any atom is 0.252 e. The summed E-state index contributed by atoms with van der Waals surface area (Å²) in [5.41, 5.74) is 6.71. The number of methoxy groups -OCH3 is 1. The number of hydrogen-bond donors (Lipinski definition) is 3. The van der Waals surface area contributed by atoms with Crippen LogP contribution in [-0.4, -0.2) is 31.5 Å². The minimum absolute atomic E-state index is 0. The van der Waals surface area contributed by atoms with Crippen molar-refractivity contribution < 1.29 is 14.3 Å². The Balaban J connectivity index is 0.00000338. The van der Waals surface area contributed by atoms with Gasteiger partial charge in [-0.1, -0.05) is 30.3 Å². The van der Waals surface area contributed by atoms with Gasteiger partial charge in [-0.2, -0.15) is 0 Å². The van der Waals surface area contributed by atoms with E-state index in [4.69, 9.17) is 10.5 Å². The Bertz CT molecular complexity index is 708. The Hall–Kier alpha value is -2.57. The summed E-state index contributed by atoms with van der Waals surface area (Å²) >= 11 is 0. The molecule has 0 bridgehead atoms. The zero-order valence-electron chi connectivity index (χ0n) is 14.8. The molecule has 26 heavy (non-hydrogen) atoms. The van der Waals surface area contributed by atoms with Crippen LogP contribution in [0.1, 0.15) is 28.9 Å². The molecule has 2 aromatic carbocycles. The summed E-state index contributed by atoms with van der Waals surface area (Å²) in [6, 6.07) is 14.8. The summed E-state index contributed by atoms with van der Waals surface area (Å²) in [6.45, 7) is 2.13. The fraction of sp³-hybridized carbons (Fsp3) is 0.263. The molecular formula is C19H24ClN3O3. The number of carbonyl (C=O) groups excluding carboxylic acids is 2. The first-order chi connectivity index (χ1) is 12.0. The SMILES string of the molecule is COc1ccc(C(=O)NC(C(=O)N[C@@H](C)CN)c2ccccc2)cc1.Cl. The van der Waals surface area contributed by atoms with E-state index in [0.29, 0.717) is 23.4 Å². The van der Waals surface area contributed by atoms with E-state index < -0.39 is 6.04 Å². The third kappa shape index (κ3) is 5.75.